The van der Waals surface area contributed by atoms with Crippen molar-refractivity contribution >= 4 is 21.2 Å². The molecule has 0 aromatic heterocycles. The van der Waals surface area contributed by atoms with Crippen LogP contribution in [0.3, 0.4) is 0 Å². The zero-order valence-electron chi connectivity index (χ0n) is 9.46. The molecule has 2 aliphatic heterocycles. The summed E-state index contributed by atoms with van der Waals surface area (Å²) in [4.78, 5) is 15.1. The average Bonchev–Trinajstić information content (AvgIpc) is 2.92. The van der Waals surface area contributed by atoms with Gasteiger partial charge in [0.1, 0.15) is 5.71 Å². The van der Waals surface area contributed by atoms with Crippen molar-refractivity contribution in [3.8, 4) is 0 Å². The van der Waals surface area contributed by atoms with Gasteiger partial charge in [0.15, 0.2) is 21.2 Å². The van der Waals surface area contributed by atoms with Crippen LogP contribution in [-0.2, 0) is 14.7 Å². The number of nitrogens with zero attached hydrogens (tertiary/aromatic N) is 2. The van der Waals surface area contributed by atoms with Crippen LogP contribution in [0.5, 0.6) is 0 Å². The summed E-state index contributed by atoms with van der Waals surface area (Å²) in [5.74, 6) is 0. The molecule has 19 heavy (non-hydrogen) atoms. The fourth-order valence-corrected chi connectivity index (χ4v) is 3.65. The first-order valence-corrected chi connectivity index (χ1v) is 7.00. The number of nitro benzene ring substituents is 1. The van der Waals surface area contributed by atoms with Crippen LogP contribution in [0.2, 0.25) is 0 Å². The number of rotatable bonds is 2. The van der Waals surface area contributed by atoms with Crippen molar-refractivity contribution in [2.24, 2.45) is 5.16 Å². The molecule has 0 spiro atoms. The summed E-state index contributed by atoms with van der Waals surface area (Å²) in [5.41, 5.74) is 0.725. The van der Waals surface area contributed by atoms with Crippen LogP contribution in [-0.4, -0.2) is 30.4 Å². The molecule has 0 radical (unpaired) electrons. The maximum absolute atomic E-state index is 11.8. The van der Waals surface area contributed by atoms with E-state index in [-0.39, 0.29) is 11.4 Å². The molecule has 1 aromatic rings. The number of fused-ring (bicyclic) bond motifs is 1. The van der Waals surface area contributed by atoms with Crippen LogP contribution in [0, 0.1) is 10.1 Å². The smallest absolute Gasteiger partial charge is 0.269 e. The Hall–Kier alpha value is -2.22. The molecule has 2 aliphatic rings. The molecule has 7 nitrogen and oxygen atoms in total. The third-order valence-corrected chi connectivity index (χ3v) is 4.76. The second-order valence-corrected chi connectivity index (χ2v) is 6.15. The molecule has 2 atom stereocenters. The van der Waals surface area contributed by atoms with Crippen molar-refractivity contribution in [3.05, 3.63) is 51.4 Å². The molecule has 0 N–H and O–H groups in total. The van der Waals surface area contributed by atoms with E-state index in [0.717, 1.165) is 5.41 Å². The van der Waals surface area contributed by atoms with E-state index in [0.29, 0.717) is 5.56 Å². The van der Waals surface area contributed by atoms with Gasteiger partial charge in [-0.2, -0.15) is 0 Å². The lowest BCUT2D eigenvalue weighted by atomic mass is 10.0. The van der Waals surface area contributed by atoms with Crippen molar-refractivity contribution in [2.45, 2.75) is 11.4 Å². The van der Waals surface area contributed by atoms with Gasteiger partial charge in [0.05, 0.1) is 4.92 Å². The van der Waals surface area contributed by atoms with E-state index in [1.54, 1.807) is 0 Å². The number of benzene rings is 1. The highest BCUT2D eigenvalue weighted by atomic mass is 32.2. The lowest BCUT2D eigenvalue weighted by molar-refractivity contribution is -0.384. The lowest BCUT2D eigenvalue weighted by Gasteiger charge is -2.08. The number of oxime groups is 1. The van der Waals surface area contributed by atoms with E-state index >= 15 is 0 Å². The highest BCUT2D eigenvalue weighted by Crippen LogP contribution is 2.30. The van der Waals surface area contributed by atoms with E-state index in [2.05, 4.69) is 5.16 Å². The van der Waals surface area contributed by atoms with Crippen molar-refractivity contribution in [2.75, 3.05) is 0 Å². The number of hydrogen-bond donors (Lipinski definition) is 0. The van der Waals surface area contributed by atoms with Gasteiger partial charge in [0, 0.05) is 23.1 Å². The average molecular weight is 280 g/mol. The van der Waals surface area contributed by atoms with E-state index in [1.165, 1.54) is 30.3 Å². The molecule has 0 saturated carbocycles. The number of nitro groups is 1. The third kappa shape index (κ3) is 1.80. The summed E-state index contributed by atoms with van der Waals surface area (Å²) in [7, 11) is -3.42. The van der Waals surface area contributed by atoms with Gasteiger partial charge < -0.3 is 4.84 Å². The fraction of sp³-hybridized carbons (Fsp3) is 0.182. The van der Waals surface area contributed by atoms with Gasteiger partial charge >= 0.3 is 0 Å². The zero-order chi connectivity index (χ0) is 13.6. The van der Waals surface area contributed by atoms with Crippen LogP contribution < -0.4 is 0 Å². The summed E-state index contributed by atoms with van der Waals surface area (Å²) in [6.45, 7) is 0. The van der Waals surface area contributed by atoms with Crippen molar-refractivity contribution < 1.29 is 18.2 Å². The molecule has 98 valence electrons. The molecule has 3 rings (SSSR count). The Morgan fingerprint density at radius 2 is 1.95 bits per heavy atom. The monoisotopic (exact) mass is 280 g/mol. The summed E-state index contributed by atoms with van der Waals surface area (Å²) in [5, 5.41) is 14.6. The van der Waals surface area contributed by atoms with Gasteiger partial charge in [0.25, 0.3) is 5.69 Å². The minimum absolute atomic E-state index is 0.0628. The Morgan fingerprint density at radius 3 is 2.58 bits per heavy atom. The summed E-state index contributed by atoms with van der Waals surface area (Å²) >= 11 is 0. The Labute approximate surface area is 108 Å². The molecule has 2 unspecified atom stereocenters. The maximum Gasteiger partial charge on any atom is 0.269 e. The molecule has 0 saturated heterocycles. The second kappa shape index (κ2) is 3.89. The molecular weight excluding hydrogens is 272 g/mol. The highest BCUT2D eigenvalue weighted by Gasteiger charge is 2.46. The summed E-state index contributed by atoms with van der Waals surface area (Å²) in [6, 6.07) is 5.55. The molecular formula is C11H8N2O5S. The highest BCUT2D eigenvalue weighted by molar-refractivity contribution is 7.96. The van der Waals surface area contributed by atoms with Gasteiger partial charge in [-0.3, -0.25) is 10.1 Å². The fourth-order valence-electron chi connectivity index (χ4n) is 2.10. The normalized spacial score (nSPS) is 26.6. The Morgan fingerprint density at radius 1 is 1.26 bits per heavy atom. The van der Waals surface area contributed by atoms with E-state index in [9.17, 15) is 18.5 Å². The molecule has 0 amide bonds. The van der Waals surface area contributed by atoms with Crippen LogP contribution in [0.25, 0.3) is 0 Å². The largest absolute Gasteiger partial charge is 0.386 e. The quantitative estimate of drug-likeness (QED) is 0.594. The van der Waals surface area contributed by atoms with Crippen LogP contribution in [0.4, 0.5) is 5.69 Å². The predicted molar refractivity (Wildman–Crippen MR) is 66.4 cm³/mol. The minimum Gasteiger partial charge on any atom is -0.386 e. The first-order valence-electron chi connectivity index (χ1n) is 5.40. The molecule has 0 aliphatic carbocycles. The molecule has 8 heteroatoms. The first kappa shape index (κ1) is 11.8. The van der Waals surface area contributed by atoms with Crippen LogP contribution >= 0.6 is 0 Å². The van der Waals surface area contributed by atoms with Crippen LogP contribution in [0.1, 0.15) is 5.56 Å². The Bertz CT molecular complexity index is 705. The predicted octanol–water partition coefficient (Wildman–Crippen LogP) is 1.01. The van der Waals surface area contributed by atoms with Gasteiger partial charge in [-0.25, -0.2) is 8.42 Å². The SMILES string of the molecule is O=[N+]([O-])c1ccc(C2=NOC3C=CS(=O)(=O)C23)cc1. The molecule has 2 heterocycles. The number of non-ortho nitro benzene ring substituents is 1. The van der Waals surface area contributed by atoms with Crippen LogP contribution in [0.15, 0.2) is 40.9 Å². The molecule has 0 fully saturated rings. The van der Waals surface area contributed by atoms with E-state index in [4.69, 9.17) is 4.84 Å². The molecule has 0 bridgehead atoms. The van der Waals surface area contributed by atoms with Crippen molar-refractivity contribution in [3.63, 3.8) is 0 Å². The molecule has 1 aromatic carbocycles. The lowest BCUT2D eigenvalue weighted by Crippen LogP contribution is -2.31. The Kier molecular flexibility index (Phi) is 2.42. The summed E-state index contributed by atoms with van der Waals surface area (Å²) in [6.07, 6.45) is 0.845. The van der Waals surface area contributed by atoms with E-state index < -0.39 is 26.1 Å². The second-order valence-electron chi connectivity index (χ2n) is 4.19. The van der Waals surface area contributed by atoms with Gasteiger partial charge in [0.2, 0.25) is 0 Å². The Balaban J connectivity index is 1.97. The topological polar surface area (TPSA) is 98.9 Å². The minimum atomic E-state index is -3.42. The van der Waals surface area contributed by atoms with Crippen molar-refractivity contribution in [1.82, 2.24) is 0 Å². The maximum atomic E-state index is 11.8. The van der Waals surface area contributed by atoms with Gasteiger partial charge in [-0.15, -0.1) is 0 Å². The standard InChI is InChI=1S/C11H8N2O5S/c14-13(15)8-3-1-7(2-4-8)10-11-9(18-12-10)5-6-19(11,16)17/h1-6,9,11H. The number of hydrogen-bond acceptors (Lipinski definition) is 6. The van der Waals surface area contributed by atoms with E-state index in [1.807, 2.05) is 0 Å². The van der Waals surface area contributed by atoms with Gasteiger partial charge in [-0.05, 0) is 18.2 Å². The summed E-state index contributed by atoms with van der Waals surface area (Å²) < 4.78 is 23.7. The first-order chi connectivity index (χ1) is 8.99. The number of sulfone groups is 1. The van der Waals surface area contributed by atoms with Crippen molar-refractivity contribution in [1.29, 1.82) is 0 Å². The third-order valence-electron chi connectivity index (χ3n) is 3.03. The van der Waals surface area contributed by atoms with Gasteiger partial charge in [-0.1, -0.05) is 5.16 Å². The zero-order valence-corrected chi connectivity index (χ0v) is 10.3.